The molecule has 0 spiro atoms. The van der Waals surface area contributed by atoms with Crippen LogP contribution in [-0.4, -0.2) is 24.5 Å². The molecule has 0 N–H and O–H groups in total. The van der Waals surface area contributed by atoms with E-state index in [2.05, 4.69) is 6.58 Å². The second-order valence-corrected chi connectivity index (χ2v) is 5.89. The van der Waals surface area contributed by atoms with Gasteiger partial charge in [0.05, 0.1) is 31.3 Å². The Labute approximate surface area is 135 Å². The maximum Gasteiger partial charge on any atom is 0.391 e. The third kappa shape index (κ3) is 6.36. The van der Waals surface area contributed by atoms with Crippen LogP contribution in [0.15, 0.2) is 43.0 Å². The van der Waals surface area contributed by atoms with Gasteiger partial charge >= 0.3 is 6.18 Å². The van der Waals surface area contributed by atoms with Gasteiger partial charge in [0.1, 0.15) is 0 Å². The van der Waals surface area contributed by atoms with E-state index in [0.717, 1.165) is 5.56 Å². The van der Waals surface area contributed by atoms with E-state index >= 15 is 0 Å². The molecular weight excluding hydrogens is 305 g/mol. The number of rotatable bonds is 7. The summed E-state index contributed by atoms with van der Waals surface area (Å²) in [4.78, 5) is 0. The quantitative estimate of drug-likeness (QED) is 0.653. The Balaban J connectivity index is 1.91. The van der Waals surface area contributed by atoms with Gasteiger partial charge in [-0.3, -0.25) is 0 Å². The minimum Gasteiger partial charge on any atom is -0.372 e. The molecule has 2 nitrogen and oxygen atoms in total. The lowest BCUT2D eigenvalue weighted by atomic mass is 9.96. The van der Waals surface area contributed by atoms with Crippen molar-refractivity contribution in [2.24, 2.45) is 0 Å². The second-order valence-electron chi connectivity index (χ2n) is 5.89. The van der Waals surface area contributed by atoms with Crippen molar-refractivity contribution in [1.29, 1.82) is 0 Å². The van der Waals surface area contributed by atoms with Gasteiger partial charge in [-0.05, 0) is 31.2 Å². The summed E-state index contributed by atoms with van der Waals surface area (Å²) in [6.45, 7) is 4.11. The molecule has 1 aromatic rings. The first kappa shape index (κ1) is 18.0. The molecule has 2 rings (SSSR count). The van der Waals surface area contributed by atoms with Crippen molar-refractivity contribution in [2.75, 3.05) is 0 Å². The van der Waals surface area contributed by atoms with Gasteiger partial charge in [-0.1, -0.05) is 36.4 Å². The van der Waals surface area contributed by atoms with E-state index in [1.807, 2.05) is 30.3 Å². The van der Waals surface area contributed by atoms with Crippen molar-refractivity contribution >= 4 is 0 Å². The van der Waals surface area contributed by atoms with E-state index < -0.39 is 18.7 Å². The summed E-state index contributed by atoms with van der Waals surface area (Å²) in [6.07, 6.45) is -2.25. The van der Waals surface area contributed by atoms with Crippen molar-refractivity contribution in [3.63, 3.8) is 0 Å². The highest BCUT2D eigenvalue weighted by molar-refractivity contribution is 5.13. The standard InChI is InChI=1S/C18H23F3O2/c1-2-3-9-17-16(22-13-14-7-5-4-6-8-14)11-10-15(23-17)12-18(19,20)21/h2,4-8,15-17H,1,3,9-13H2/t15-,16-,17+/m0/s1. The van der Waals surface area contributed by atoms with Crippen LogP contribution in [-0.2, 0) is 16.1 Å². The van der Waals surface area contributed by atoms with Crippen LogP contribution in [0.5, 0.6) is 0 Å². The first-order chi connectivity index (χ1) is 11.0. The van der Waals surface area contributed by atoms with E-state index in [1.165, 1.54) is 0 Å². The van der Waals surface area contributed by atoms with Gasteiger partial charge in [-0.15, -0.1) is 6.58 Å². The maximum atomic E-state index is 12.6. The summed E-state index contributed by atoms with van der Waals surface area (Å²) in [5.74, 6) is 0. The average Bonchev–Trinajstić information content (AvgIpc) is 2.51. The van der Waals surface area contributed by atoms with Crippen molar-refractivity contribution in [1.82, 2.24) is 0 Å². The number of benzene rings is 1. The third-order valence-corrected chi connectivity index (χ3v) is 3.98. The number of ether oxygens (including phenoxy) is 2. The monoisotopic (exact) mass is 328 g/mol. The normalized spacial score (nSPS) is 25.3. The Hall–Kier alpha value is -1.33. The molecule has 0 radical (unpaired) electrons. The van der Waals surface area contributed by atoms with Gasteiger partial charge in [-0.2, -0.15) is 13.2 Å². The maximum absolute atomic E-state index is 12.6. The number of hydrogen-bond donors (Lipinski definition) is 0. The average molecular weight is 328 g/mol. The fourth-order valence-electron chi connectivity index (χ4n) is 2.85. The predicted molar refractivity (Wildman–Crippen MR) is 83.0 cm³/mol. The molecule has 1 aliphatic heterocycles. The Morgan fingerprint density at radius 1 is 1.22 bits per heavy atom. The molecule has 0 amide bonds. The molecule has 0 bridgehead atoms. The minimum atomic E-state index is -4.19. The van der Waals surface area contributed by atoms with Crippen LogP contribution in [0, 0.1) is 0 Å². The smallest absolute Gasteiger partial charge is 0.372 e. The molecule has 0 aliphatic carbocycles. The zero-order chi connectivity index (χ0) is 16.7. The fourth-order valence-corrected chi connectivity index (χ4v) is 2.85. The van der Waals surface area contributed by atoms with E-state index in [-0.39, 0.29) is 12.2 Å². The molecule has 128 valence electrons. The van der Waals surface area contributed by atoms with E-state index in [1.54, 1.807) is 6.08 Å². The van der Waals surface area contributed by atoms with Gasteiger partial charge in [0.2, 0.25) is 0 Å². The molecule has 1 saturated heterocycles. The highest BCUT2D eigenvalue weighted by atomic mass is 19.4. The van der Waals surface area contributed by atoms with Crippen molar-refractivity contribution < 1.29 is 22.6 Å². The van der Waals surface area contributed by atoms with Gasteiger partial charge in [0, 0.05) is 0 Å². The van der Waals surface area contributed by atoms with Crippen LogP contribution in [0.2, 0.25) is 0 Å². The highest BCUT2D eigenvalue weighted by Crippen LogP contribution is 2.32. The van der Waals surface area contributed by atoms with Crippen LogP contribution < -0.4 is 0 Å². The first-order valence-electron chi connectivity index (χ1n) is 7.96. The van der Waals surface area contributed by atoms with Crippen LogP contribution in [0.3, 0.4) is 0 Å². The molecule has 0 saturated carbocycles. The number of allylic oxidation sites excluding steroid dienone is 1. The van der Waals surface area contributed by atoms with E-state index in [0.29, 0.717) is 32.3 Å². The largest absolute Gasteiger partial charge is 0.391 e. The summed E-state index contributed by atoms with van der Waals surface area (Å²) in [7, 11) is 0. The lowest BCUT2D eigenvalue weighted by Crippen LogP contribution is -2.41. The van der Waals surface area contributed by atoms with E-state index in [4.69, 9.17) is 9.47 Å². The van der Waals surface area contributed by atoms with Crippen LogP contribution in [0.4, 0.5) is 13.2 Å². The Bertz CT molecular complexity index is 473. The molecule has 0 unspecified atom stereocenters. The summed E-state index contributed by atoms with van der Waals surface area (Å²) in [6, 6.07) is 9.74. The fraction of sp³-hybridized carbons (Fsp3) is 0.556. The molecule has 3 atom stereocenters. The van der Waals surface area contributed by atoms with Gasteiger partial charge in [0.25, 0.3) is 0 Å². The summed E-state index contributed by atoms with van der Waals surface area (Å²) >= 11 is 0. The molecule has 23 heavy (non-hydrogen) atoms. The highest BCUT2D eigenvalue weighted by Gasteiger charge is 2.38. The first-order valence-corrected chi connectivity index (χ1v) is 7.96. The third-order valence-electron chi connectivity index (χ3n) is 3.98. The summed E-state index contributed by atoms with van der Waals surface area (Å²) in [5.41, 5.74) is 1.05. The number of halogens is 3. The van der Waals surface area contributed by atoms with Crippen LogP contribution >= 0.6 is 0 Å². The molecule has 1 aliphatic rings. The molecular formula is C18H23F3O2. The minimum absolute atomic E-state index is 0.167. The van der Waals surface area contributed by atoms with Gasteiger partial charge in [0.15, 0.2) is 0 Å². The molecule has 1 aromatic carbocycles. The second kappa shape index (κ2) is 8.50. The Kier molecular flexibility index (Phi) is 6.66. The predicted octanol–water partition coefficient (Wildman–Crippen LogP) is 5.04. The zero-order valence-corrected chi connectivity index (χ0v) is 13.1. The molecule has 5 heteroatoms. The lowest BCUT2D eigenvalue weighted by molar-refractivity contribution is -0.198. The Morgan fingerprint density at radius 3 is 2.61 bits per heavy atom. The van der Waals surface area contributed by atoms with Gasteiger partial charge in [-0.25, -0.2) is 0 Å². The number of alkyl halides is 3. The van der Waals surface area contributed by atoms with Gasteiger partial charge < -0.3 is 9.47 Å². The van der Waals surface area contributed by atoms with Crippen molar-refractivity contribution in [3.8, 4) is 0 Å². The summed E-state index contributed by atoms with van der Waals surface area (Å²) in [5, 5.41) is 0. The Morgan fingerprint density at radius 2 is 1.96 bits per heavy atom. The molecule has 1 fully saturated rings. The van der Waals surface area contributed by atoms with Crippen molar-refractivity contribution in [3.05, 3.63) is 48.6 Å². The van der Waals surface area contributed by atoms with Crippen LogP contribution in [0.1, 0.15) is 37.7 Å². The number of hydrogen-bond acceptors (Lipinski definition) is 2. The van der Waals surface area contributed by atoms with Crippen LogP contribution in [0.25, 0.3) is 0 Å². The van der Waals surface area contributed by atoms with Crippen molar-refractivity contribution in [2.45, 2.75) is 63.2 Å². The molecule has 0 aromatic heterocycles. The lowest BCUT2D eigenvalue weighted by Gasteiger charge is -2.37. The topological polar surface area (TPSA) is 18.5 Å². The molecule has 1 heterocycles. The SMILES string of the molecule is C=CCC[C@H]1O[C@H](CC(F)(F)F)CC[C@@H]1OCc1ccccc1. The zero-order valence-electron chi connectivity index (χ0n) is 13.1. The van der Waals surface area contributed by atoms with E-state index in [9.17, 15) is 13.2 Å². The summed E-state index contributed by atoms with van der Waals surface area (Å²) < 4.78 is 49.3.